The van der Waals surface area contributed by atoms with Crippen molar-refractivity contribution in [2.45, 2.75) is 12.3 Å². The van der Waals surface area contributed by atoms with Crippen LogP contribution in [-0.4, -0.2) is 29.2 Å². The van der Waals surface area contributed by atoms with Crippen molar-refractivity contribution in [2.24, 2.45) is 5.73 Å². The van der Waals surface area contributed by atoms with E-state index in [1.165, 1.54) is 29.0 Å². The van der Waals surface area contributed by atoms with Crippen molar-refractivity contribution in [2.75, 3.05) is 0 Å². The molecule has 142 valence electrons. The molecule has 0 radical (unpaired) electrons. The predicted octanol–water partition coefficient (Wildman–Crippen LogP) is 0.109. The number of nitro benzene ring substituents is 1. The van der Waals surface area contributed by atoms with Gasteiger partial charge in [-0.25, -0.2) is 0 Å². The molecule has 0 amide bonds. The van der Waals surface area contributed by atoms with Gasteiger partial charge in [-0.2, -0.15) is 0 Å². The van der Waals surface area contributed by atoms with Gasteiger partial charge in [0.15, 0.2) is 0 Å². The van der Waals surface area contributed by atoms with Crippen LogP contribution in [0.5, 0.6) is 0 Å². The Hall–Kier alpha value is -3.05. The molecule has 0 saturated heterocycles. The average Bonchev–Trinajstić information content (AvgIpc) is 3.02. The molecule has 1 aromatic carbocycles. The highest BCUT2D eigenvalue weighted by molar-refractivity contribution is 7.52. The molecular formula is C14H14N5O7P. The number of hydrogen-bond acceptors (Lipinski definition) is 6. The molecule has 6 N–H and O–H groups in total. The van der Waals surface area contributed by atoms with Gasteiger partial charge in [0.25, 0.3) is 5.69 Å². The summed E-state index contributed by atoms with van der Waals surface area (Å²) in [5, 5.41) is 11.2. The zero-order chi connectivity index (χ0) is 19.9. The summed E-state index contributed by atoms with van der Waals surface area (Å²) in [6.45, 7) is -0.0871. The van der Waals surface area contributed by atoms with Crippen molar-refractivity contribution in [3.8, 4) is 0 Å². The van der Waals surface area contributed by atoms with Crippen LogP contribution in [0.4, 0.5) is 5.69 Å². The molecule has 13 heteroatoms. The van der Waals surface area contributed by atoms with Crippen LogP contribution in [0.1, 0.15) is 17.0 Å². The highest BCUT2D eigenvalue weighted by atomic mass is 31.2. The molecule has 0 bridgehead atoms. The Balaban J connectivity index is 2.18. The van der Waals surface area contributed by atoms with E-state index in [-0.39, 0.29) is 34.5 Å². The van der Waals surface area contributed by atoms with Gasteiger partial charge in [0.2, 0.25) is 0 Å². The van der Waals surface area contributed by atoms with E-state index in [4.69, 9.17) is 5.73 Å². The molecule has 0 saturated carbocycles. The minimum atomic E-state index is -4.62. The van der Waals surface area contributed by atoms with Crippen LogP contribution in [0.15, 0.2) is 40.1 Å². The lowest BCUT2D eigenvalue weighted by molar-refractivity contribution is -0.384. The van der Waals surface area contributed by atoms with Crippen LogP contribution < -0.4 is 16.9 Å². The van der Waals surface area contributed by atoms with Gasteiger partial charge >= 0.3 is 18.7 Å². The molecule has 1 unspecified atom stereocenters. The van der Waals surface area contributed by atoms with E-state index in [9.17, 15) is 34.1 Å². The highest BCUT2D eigenvalue weighted by Crippen LogP contribution is 2.48. The fraction of sp³-hybridized carbons (Fsp3) is 0.143. The molecule has 0 aliphatic carbocycles. The van der Waals surface area contributed by atoms with E-state index in [0.717, 1.165) is 6.07 Å². The second-order valence-corrected chi connectivity index (χ2v) is 7.52. The smallest absolute Gasteiger partial charge is 0.345 e. The first-order chi connectivity index (χ1) is 12.6. The van der Waals surface area contributed by atoms with Crippen molar-refractivity contribution in [1.82, 2.24) is 14.5 Å². The lowest BCUT2D eigenvalue weighted by atomic mass is 10.1. The molecule has 0 aliphatic heterocycles. The molecule has 3 rings (SSSR count). The van der Waals surface area contributed by atoms with Gasteiger partial charge < -0.3 is 30.1 Å². The number of non-ortho nitro benzene ring substituents is 1. The molecular weight excluding hydrogens is 381 g/mol. The van der Waals surface area contributed by atoms with Crippen molar-refractivity contribution in [1.29, 1.82) is 0 Å². The summed E-state index contributed by atoms with van der Waals surface area (Å²) in [7, 11) is -4.62. The number of fused-ring (bicyclic) bond motifs is 1. The maximum Gasteiger partial charge on any atom is 0.348 e. The van der Waals surface area contributed by atoms with E-state index in [2.05, 4.69) is 9.97 Å². The van der Waals surface area contributed by atoms with Gasteiger partial charge in [-0.3, -0.25) is 24.3 Å². The van der Waals surface area contributed by atoms with Gasteiger partial charge in [0.05, 0.1) is 16.0 Å². The Bertz CT molecular complexity index is 1200. The molecule has 3 aromatic rings. The Labute approximate surface area is 149 Å². The van der Waals surface area contributed by atoms with Crippen molar-refractivity contribution >= 4 is 24.3 Å². The number of nitrogens with zero attached hydrogens (tertiary/aromatic N) is 2. The minimum Gasteiger partial charge on any atom is -0.345 e. The van der Waals surface area contributed by atoms with E-state index in [1.807, 2.05) is 0 Å². The van der Waals surface area contributed by atoms with Gasteiger partial charge in [-0.1, -0.05) is 0 Å². The third kappa shape index (κ3) is 3.59. The second-order valence-electron chi connectivity index (χ2n) is 5.79. The van der Waals surface area contributed by atoms with Crippen LogP contribution in [-0.2, 0) is 11.1 Å². The van der Waals surface area contributed by atoms with Gasteiger partial charge in [0.1, 0.15) is 5.78 Å². The summed E-state index contributed by atoms with van der Waals surface area (Å²) in [5.74, 6) is -1.59. The molecule has 0 spiro atoms. The van der Waals surface area contributed by atoms with Gasteiger partial charge in [-0.15, -0.1) is 0 Å². The van der Waals surface area contributed by atoms with E-state index in [1.54, 1.807) is 0 Å². The summed E-state index contributed by atoms with van der Waals surface area (Å²) in [6.07, 6.45) is 1.49. The first kappa shape index (κ1) is 18.7. The second kappa shape index (κ2) is 6.59. The lowest BCUT2D eigenvalue weighted by Crippen LogP contribution is -2.29. The Morgan fingerprint density at radius 3 is 2.56 bits per heavy atom. The summed E-state index contributed by atoms with van der Waals surface area (Å²) in [4.78, 5) is 56.9. The summed E-state index contributed by atoms with van der Waals surface area (Å²) >= 11 is 0. The number of aromatic amines is 2. The monoisotopic (exact) mass is 395 g/mol. The normalized spacial score (nSPS) is 13.0. The molecule has 0 fully saturated rings. The third-order valence-corrected chi connectivity index (χ3v) is 4.97. The zero-order valence-corrected chi connectivity index (χ0v) is 14.4. The first-order valence-corrected chi connectivity index (χ1v) is 9.15. The van der Waals surface area contributed by atoms with Crippen molar-refractivity contribution in [3.63, 3.8) is 0 Å². The number of aromatic nitrogens is 3. The highest BCUT2D eigenvalue weighted by Gasteiger charge is 2.29. The largest absolute Gasteiger partial charge is 0.348 e. The van der Waals surface area contributed by atoms with Crippen LogP contribution in [0.2, 0.25) is 0 Å². The number of hydrogen-bond donors (Lipinski definition) is 5. The third-order valence-electron chi connectivity index (χ3n) is 3.98. The van der Waals surface area contributed by atoms with Gasteiger partial charge in [0, 0.05) is 36.1 Å². The Morgan fingerprint density at radius 2 is 1.93 bits per heavy atom. The first-order valence-electron chi connectivity index (χ1n) is 7.47. The van der Waals surface area contributed by atoms with E-state index < -0.39 is 29.4 Å². The average molecular weight is 395 g/mol. The lowest BCUT2D eigenvalue weighted by Gasteiger charge is -2.17. The van der Waals surface area contributed by atoms with E-state index >= 15 is 0 Å². The minimum absolute atomic E-state index is 0.0526. The summed E-state index contributed by atoms with van der Waals surface area (Å²) in [5.41, 5.74) is 3.96. The Kier molecular flexibility index (Phi) is 4.57. The summed E-state index contributed by atoms with van der Waals surface area (Å²) < 4.78 is 12.8. The predicted molar refractivity (Wildman–Crippen MR) is 94.4 cm³/mol. The van der Waals surface area contributed by atoms with Crippen LogP contribution in [0.25, 0.3) is 11.0 Å². The molecule has 1 atom stereocenters. The summed E-state index contributed by atoms with van der Waals surface area (Å²) in [6, 6.07) is 5.22. The SMILES string of the molecule is NC(c1cccn1Cc1cc([N+](=O)[O-])cc2[nH]c(=O)c(=O)[nH]c12)P(=O)(O)O. The Morgan fingerprint density at radius 1 is 1.26 bits per heavy atom. The molecule has 2 heterocycles. The van der Waals surface area contributed by atoms with Crippen LogP contribution in [0, 0.1) is 10.1 Å². The number of benzene rings is 1. The fourth-order valence-electron chi connectivity index (χ4n) is 2.71. The number of nitro groups is 1. The van der Waals surface area contributed by atoms with Crippen LogP contribution in [0.3, 0.4) is 0 Å². The fourth-order valence-corrected chi connectivity index (χ4v) is 3.29. The quantitative estimate of drug-likeness (QED) is 0.173. The number of nitrogens with one attached hydrogen (secondary N) is 2. The topological polar surface area (TPSA) is 197 Å². The molecule has 0 aliphatic rings. The standard InChI is InChI=1S/C14H14N5O7P/c15-12(27(24,25)26)10-2-1-3-18(10)6-7-4-8(19(22)23)5-9-11(7)17-14(21)13(20)16-9/h1-5,12H,6,15H2,(H,16,20)(H,17,21)(H2,24,25,26). The zero-order valence-electron chi connectivity index (χ0n) is 13.5. The number of nitrogens with two attached hydrogens (primary N) is 1. The maximum absolute atomic E-state index is 11.7. The van der Waals surface area contributed by atoms with Crippen LogP contribution >= 0.6 is 7.60 Å². The maximum atomic E-state index is 11.7. The van der Waals surface area contributed by atoms with Gasteiger partial charge in [-0.05, 0) is 12.1 Å². The van der Waals surface area contributed by atoms with Crippen molar-refractivity contribution < 1.29 is 19.3 Å². The van der Waals surface area contributed by atoms with Crippen molar-refractivity contribution in [3.05, 3.63) is 72.5 Å². The number of H-pyrrole nitrogens is 2. The number of rotatable bonds is 5. The molecule has 27 heavy (non-hydrogen) atoms. The van der Waals surface area contributed by atoms with E-state index in [0.29, 0.717) is 0 Å². The molecule has 2 aromatic heterocycles. The molecule has 12 nitrogen and oxygen atoms in total.